The molecule has 0 spiro atoms. The lowest BCUT2D eigenvalue weighted by Gasteiger charge is -2.22. The van der Waals surface area contributed by atoms with Gasteiger partial charge in [-0.1, -0.05) is 29.8 Å². The zero-order chi connectivity index (χ0) is 14.8. The maximum atomic E-state index is 13.7. The Morgan fingerprint density at radius 1 is 1.29 bits per heavy atom. The molecule has 1 aromatic carbocycles. The van der Waals surface area contributed by atoms with E-state index in [0.717, 1.165) is 18.4 Å². The number of rotatable bonds is 4. The molecule has 21 heavy (non-hydrogen) atoms. The zero-order valence-electron chi connectivity index (χ0n) is 11.9. The number of halogens is 1. The number of pyridine rings is 1. The third kappa shape index (κ3) is 3.10. The minimum Gasteiger partial charge on any atom is -0.331 e. The Bertz CT molecular complexity index is 650. The lowest BCUT2D eigenvalue weighted by atomic mass is 10.1. The van der Waals surface area contributed by atoms with Crippen LogP contribution in [0, 0.1) is 12.9 Å². The summed E-state index contributed by atoms with van der Waals surface area (Å²) >= 11 is 0. The summed E-state index contributed by atoms with van der Waals surface area (Å²) in [7, 11) is 0. The largest absolute Gasteiger partial charge is 0.331 e. The highest BCUT2D eigenvalue weighted by molar-refractivity contribution is 5.94. The molecular formula is C17H17FN2O. The fourth-order valence-electron chi connectivity index (χ4n) is 2.34. The van der Waals surface area contributed by atoms with Crippen LogP contribution in [0.5, 0.6) is 0 Å². The Labute approximate surface area is 123 Å². The van der Waals surface area contributed by atoms with E-state index in [1.807, 2.05) is 31.2 Å². The molecule has 0 N–H and O–H groups in total. The van der Waals surface area contributed by atoms with Gasteiger partial charge in [0.1, 0.15) is 0 Å². The zero-order valence-corrected chi connectivity index (χ0v) is 11.9. The summed E-state index contributed by atoms with van der Waals surface area (Å²) < 4.78 is 13.7. The normalized spacial score (nSPS) is 14.0. The first-order chi connectivity index (χ1) is 10.1. The number of amides is 1. The topological polar surface area (TPSA) is 33.2 Å². The molecule has 0 aliphatic heterocycles. The van der Waals surface area contributed by atoms with E-state index in [9.17, 15) is 9.18 Å². The first-order valence-electron chi connectivity index (χ1n) is 7.12. The molecule has 1 amide bonds. The number of nitrogens with zero attached hydrogens (tertiary/aromatic N) is 2. The van der Waals surface area contributed by atoms with Crippen molar-refractivity contribution < 1.29 is 9.18 Å². The first-order valence-corrected chi connectivity index (χ1v) is 7.12. The van der Waals surface area contributed by atoms with Crippen molar-refractivity contribution in [3.63, 3.8) is 0 Å². The van der Waals surface area contributed by atoms with Gasteiger partial charge in [-0.25, -0.2) is 4.98 Å². The van der Waals surface area contributed by atoms with Crippen molar-refractivity contribution in [1.29, 1.82) is 0 Å². The summed E-state index contributed by atoms with van der Waals surface area (Å²) in [5, 5.41) is 0. The lowest BCUT2D eigenvalue weighted by molar-refractivity contribution is 0.0724. The summed E-state index contributed by atoms with van der Waals surface area (Å²) in [5.41, 5.74) is 2.29. The van der Waals surface area contributed by atoms with E-state index in [0.29, 0.717) is 6.54 Å². The Kier molecular flexibility index (Phi) is 3.69. The van der Waals surface area contributed by atoms with Crippen LogP contribution in [0.15, 0.2) is 42.6 Å². The van der Waals surface area contributed by atoms with Gasteiger partial charge in [0, 0.05) is 18.8 Å². The van der Waals surface area contributed by atoms with E-state index >= 15 is 0 Å². The number of benzene rings is 1. The summed E-state index contributed by atoms with van der Waals surface area (Å²) in [4.78, 5) is 17.9. The van der Waals surface area contributed by atoms with E-state index in [-0.39, 0.29) is 17.5 Å². The third-order valence-corrected chi connectivity index (χ3v) is 3.71. The minimum atomic E-state index is -0.697. The van der Waals surface area contributed by atoms with Crippen molar-refractivity contribution in [2.24, 2.45) is 0 Å². The van der Waals surface area contributed by atoms with Crippen LogP contribution >= 0.6 is 0 Å². The minimum absolute atomic E-state index is 0.0523. The van der Waals surface area contributed by atoms with Crippen molar-refractivity contribution in [2.75, 3.05) is 0 Å². The molecule has 1 aromatic heterocycles. The van der Waals surface area contributed by atoms with Crippen molar-refractivity contribution >= 4 is 5.91 Å². The molecule has 3 rings (SSSR count). The molecule has 3 nitrogen and oxygen atoms in total. The second kappa shape index (κ2) is 5.64. The standard InChI is InChI=1S/C17H17FN2O/c1-12-4-6-13(7-5-12)11-20(14-8-9-14)17(21)15-3-2-10-19-16(15)18/h2-7,10,14H,8-9,11H2,1H3. The average Bonchev–Trinajstić information content (AvgIpc) is 3.31. The highest BCUT2D eigenvalue weighted by Gasteiger charge is 2.34. The molecule has 0 saturated heterocycles. The van der Waals surface area contributed by atoms with Gasteiger partial charge in [-0.05, 0) is 37.5 Å². The SMILES string of the molecule is Cc1ccc(CN(C(=O)c2cccnc2F)C2CC2)cc1. The van der Waals surface area contributed by atoms with Crippen LogP contribution in [-0.4, -0.2) is 21.8 Å². The molecule has 0 atom stereocenters. The van der Waals surface area contributed by atoms with Crippen molar-refractivity contribution in [3.8, 4) is 0 Å². The lowest BCUT2D eigenvalue weighted by Crippen LogP contribution is -2.33. The predicted octanol–water partition coefficient (Wildman–Crippen LogP) is 3.33. The van der Waals surface area contributed by atoms with Crippen LogP contribution in [0.25, 0.3) is 0 Å². The van der Waals surface area contributed by atoms with E-state index in [2.05, 4.69) is 4.98 Å². The number of carbonyl (C=O) groups excluding carboxylic acids is 1. The molecule has 1 aliphatic carbocycles. The Hall–Kier alpha value is -2.23. The van der Waals surface area contributed by atoms with E-state index in [1.54, 1.807) is 11.0 Å². The van der Waals surface area contributed by atoms with Gasteiger partial charge in [0.15, 0.2) is 0 Å². The quantitative estimate of drug-likeness (QED) is 0.807. The molecular weight excluding hydrogens is 267 g/mol. The average molecular weight is 284 g/mol. The van der Waals surface area contributed by atoms with Crippen molar-refractivity contribution in [2.45, 2.75) is 32.4 Å². The maximum Gasteiger partial charge on any atom is 0.259 e. The predicted molar refractivity (Wildman–Crippen MR) is 78.3 cm³/mol. The summed E-state index contributed by atoms with van der Waals surface area (Å²) in [6, 6.07) is 11.4. The molecule has 0 bridgehead atoms. The Morgan fingerprint density at radius 2 is 2.00 bits per heavy atom. The van der Waals surface area contributed by atoms with Crippen LogP contribution in [-0.2, 0) is 6.54 Å². The number of hydrogen-bond acceptors (Lipinski definition) is 2. The summed E-state index contributed by atoms with van der Waals surface area (Å²) in [5.74, 6) is -0.972. The second-order valence-electron chi connectivity index (χ2n) is 5.49. The van der Waals surface area contributed by atoms with Gasteiger partial charge in [0.05, 0.1) is 5.56 Å². The van der Waals surface area contributed by atoms with Gasteiger partial charge in [-0.2, -0.15) is 4.39 Å². The number of aryl methyl sites for hydroxylation is 1. The molecule has 1 aliphatic rings. The summed E-state index contributed by atoms with van der Waals surface area (Å²) in [6.07, 6.45) is 3.33. The van der Waals surface area contributed by atoms with Gasteiger partial charge in [-0.15, -0.1) is 0 Å². The van der Waals surface area contributed by atoms with Gasteiger partial charge in [0.25, 0.3) is 5.91 Å². The van der Waals surface area contributed by atoms with Gasteiger partial charge >= 0.3 is 0 Å². The Morgan fingerprint density at radius 3 is 2.62 bits per heavy atom. The molecule has 108 valence electrons. The van der Waals surface area contributed by atoms with E-state index in [4.69, 9.17) is 0 Å². The molecule has 1 fully saturated rings. The molecule has 0 radical (unpaired) electrons. The molecule has 1 saturated carbocycles. The maximum absolute atomic E-state index is 13.7. The molecule has 1 heterocycles. The van der Waals surface area contributed by atoms with Crippen LogP contribution in [0.2, 0.25) is 0 Å². The second-order valence-corrected chi connectivity index (χ2v) is 5.49. The van der Waals surface area contributed by atoms with E-state index < -0.39 is 5.95 Å². The number of carbonyl (C=O) groups is 1. The highest BCUT2D eigenvalue weighted by atomic mass is 19.1. The summed E-state index contributed by atoms with van der Waals surface area (Å²) in [6.45, 7) is 2.54. The van der Waals surface area contributed by atoms with Crippen LogP contribution in [0.4, 0.5) is 4.39 Å². The fraction of sp³-hybridized carbons (Fsp3) is 0.294. The molecule has 4 heteroatoms. The molecule has 2 aromatic rings. The van der Waals surface area contributed by atoms with Gasteiger partial charge in [0.2, 0.25) is 5.95 Å². The highest BCUT2D eigenvalue weighted by Crippen LogP contribution is 2.30. The monoisotopic (exact) mass is 284 g/mol. The fourth-order valence-corrected chi connectivity index (χ4v) is 2.34. The first kappa shape index (κ1) is 13.7. The van der Waals surface area contributed by atoms with Crippen LogP contribution in [0.1, 0.15) is 34.3 Å². The van der Waals surface area contributed by atoms with E-state index in [1.165, 1.54) is 17.8 Å². The van der Waals surface area contributed by atoms with Crippen LogP contribution < -0.4 is 0 Å². The Balaban J connectivity index is 1.83. The van der Waals surface area contributed by atoms with Crippen molar-refractivity contribution in [1.82, 2.24) is 9.88 Å². The van der Waals surface area contributed by atoms with Crippen LogP contribution in [0.3, 0.4) is 0 Å². The van der Waals surface area contributed by atoms with Crippen molar-refractivity contribution in [3.05, 3.63) is 65.2 Å². The molecule has 0 unspecified atom stereocenters. The number of hydrogen-bond donors (Lipinski definition) is 0. The number of aromatic nitrogens is 1. The smallest absolute Gasteiger partial charge is 0.259 e. The third-order valence-electron chi connectivity index (χ3n) is 3.71. The van der Waals surface area contributed by atoms with Gasteiger partial charge in [-0.3, -0.25) is 4.79 Å². The van der Waals surface area contributed by atoms with Gasteiger partial charge < -0.3 is 4.90 Å².